The standard InChI is InChI=1S/C11H20BN4O2/c13-15-8(17)10-4-2-1-3-5-11(12-10,7-6-10)9(18)16-14/h1-7,13-14H2,(H,15,17)(H,16,18)/t10-,11?/m1/s1. The summed E-state index contributed by atoms with van der Waals surface area (Å²) in [5.41, 5.74) is 4.48. The Bertz CT molecular complexity index is 333. The lowest BCUT2D eigenvalue weighted by molar-refractivity contribution is -0.125. The van der Waals surface area contributed by atoms with Crippen LogP contribution in [0.1, 0.15) is 44.9 Å². The van der Waals surface area contributed by atoms with E-state index in [2.05, 4.69) is 10.9 Å². The summed E-state index contributed by atoms with van der Waals surface area (Å²) < 4.78 is 0. The largest absolute Gasteiger partial charge is 0.294 e. The predicted octanol–water partition coefficient (Wildman–Crippen LogP) is -0.254. The number of rotatable bonds is 2. The highest BCUT2D eigenvalue weighted by Gasteiger charge is 2.56. The van der Waals surface area contributed by atoms with Gasteiger partial charge in [-0.05, 0) is 25.7 Å². The minimum absolute atomic E-state index is 0.184. The quantitative estimate of drug-likeness (QED) is 0.234. The van der Waals surface area contributed by atoms with Gasteiger partial charge in [0.25, 0.3) is 0 Å². The molecule has 0 saturated carbocycles. The fourth-order valence-corrected chi connectivity index (χ4v) is 3.44. The molecular formula is C11H20BN4O2. The van der Waals surface area contributed by atoms with E-state index in [0.717, 1.165) is 32.1 Å². The SMILES string of the molecule is NNC(=O)C12[B][C@](C(=O)NN)(CCCCC1)CC2. The van der Waals surface area contributed by atoms with Crippen molar-refractivity contribution in [2.45, 2.75) is 55.6 Å². The monoisotopic (exact) mass is 251 g/mol. The number of hydrazine groups is 2. The Labute approximate surface area is 107 Å². The van der Waals surface area contributed by atoms with Crippen LogP contribution in [0, 0.1) is 0 Å². The van der Waals surface area contributed by atoms with Gasteiger partial charge in [-0.2, -0.15) is 0 Å². The van der Waals surface area contributed by atoms with Crippen LogP contribution in [0.2, 0.25) is 10.6 Å². The molecule has 18 heavy (non-hydrogen) atoms. The van der Waals surface area contributed by atoms with Crippen LogP contribution in [-0.4, -0.2) is 19.1 Å². The lowest BCUT2D eigenvalue weighted by atomic mass is 9.40. The highest BCUT2D eigenvalue weighted by atomic mass is 16.2. The van der Waals surface area contributed by atoms with Crippen LogP contribution >= 0.6 is 0 Å². The topological polar surface area (TPSA) is 110 Å². The Morgan fingerprint density at radius 1 is 0.833 bits per heavy atom. The Kier molecular flexibility index (Phi) is 3.63. The van der Waals surface area contributed by atoms with Crippen molar-refractivity contribution in [3.63, 3.8) is 0 Å². The average Bonchev–Trinajstić information content (AvgIpc) is 2.78. The number of hydrogen-bond donors (Lipinski definition) is 4. The first-order valence-electron chi connectivity index (χ1n) is 6.48. The molecule has 0 aliphatic carbocycles. The Hall–Kier alpha value is -1.08. The van der Waals surface area contributed by atoms with E-state index in [1.54, 1.807) is 0 Å². The van der Waals surface area contributed by atoms with E-state index in [9.17, 15) is 9.59 Å². The molecule has 2 atom stereocenters. The molecule has 0 aromatic rings. The minimum atomic E-state index is -0.596. The molecule has 2 saturated heterocycles. The number of carbonyl (C=O) groups is 2. The molecule has 1 unspecified atom stereocenters. The van der Waals surface area contributed by atoms with Crippen molar-refractivity contribution in [1.29, 1.82) is 0 Å². The van der Waals surface area contributed by atoms with E-state index in [4.69, 9.17) is 11.7 Å². The summed E-state index contributed by atoms with van der Waals surface area (Å²) in [7, 11) is 1.91. The summed E-state index contributed by atoms with van der Waals surface area (Å²) in [5.74, 6) is 10.2. The molecule has 2 amide bonds. The summed E-state index contributed by atoms with van der Waals surface area (Å²) in [4.78, 5) is 24.1. The zero-order chi connectivity index (χ0) is 13.2. The van der Waals surface area contributed by atoms with Gasteiger partial charge in [-0.3, -0.25) is 20.4 Å². The van der Waals surface area contributed by atoms with Gasteiger partial charge < -0.3 is 0 Å². The van der Waals surface area contributed by atoms with Crippen molar-refractivity contribution in [3.05, 3.63) is 0 Å². The van der Waals surface area contributed by atoms with Gasteiger partial charge in [0.15, 0.2) is 7.28 Å². The number of amides is 2. The zero-order valence-electron chi connectivity index (χ0n) is 10.5. The summed E-state index contributed by atoms with van der Waals surface area (Å²) in [6, 6.07) is 0. The molecule has 0 aromatic heterocycles. The average molecular weight is 251 g/mol. The van der Waals surface area contributed by atoms with Crippen molar-refractivity contribution >= 4 is 19.1 Å². The fraction of sp³-hybridized carbons (Fsp3) is 0.818. The molecule has 0 aromatic carbocycles. The Morgan fingerprint density at radius 3 is 1.67 bits per heavy atom. The first kappa shape index (κ1) is 13.4. The van der Waals surface area contributed by atoms with Gasteiger partial charge in [-0.1, -0.05) is 19.3 Å². The van der Waals surface area contributed by atoms with E-state index < -0.39 is 10.6 Å². The van der Waals surface area contributed by atoms with Crippen LogP contribution in [0.5, 0.6) is 0 Å². The molecule has 2 aliphatic heterocycles. The predicted molar refractivity (Wildman–Crippen MR) is 68.1 cm³/mol. The van der Waals surface area contributed by atoms with Crippen LogP contribution < -0.4 is 22.5 Å². The maximum Gasteiger partial charge on any atom is 0.232 e. The smallest absolute Gasteiger partial charge is 0.232 e. The molecule has 6 N–H and O–H groups in total. The summed E-state index contributed by atoms with van der Waals surface area (Å²) in [6.07, 6.45) is 5.87. The first-order valence-corrected chi connectivity index (χ1v) is 6.48. The molecule has 2 rings (SSSR count). The van der Waals surface area contributed by atoms with Gasteiger partial charge in [0.2, 0.25) is 11.8 Å². The summed E-state index contributed by atoms with van der Waals surface area (Å²) >= 11 is 0. The Morgan fingerprint density at radius 2 is 1.28 bits per heavy atom. The molecule has 2 bridgehead atoms. The molecule has 2 heterocycles. The van der Waals surface area contributed by atoms with Crippen molar-refractivity contribution in [3.8, 4) is 0 Å². The van der Waals surface area contributed by atoms with Crippen LogP contribution in [-0.2, 0) is 9.59 Å². The lowest BCUT2D eigenvalue weighted by Crippen LogP contribution is -2.47. The second kappa shape index (κ2) is 4.89. The molecule has 1 radical (unpaired) electrons. The normalized spacial score (nSPS) is 35.0. The summed E-state index contributed by atoms with van der Waals surface area (Å²) in [6.45, 7) is 0. The second-order valence-corrected chi connectivity index (χ2v) is 5.46. The second-order valence-electron chi connectivity index (χ2n) is 5.46. The van der Waals surface area contributed by atoms with Gasteiger partial charge in [0, 0.05) is 10.6 Å². The van der Waals surface area contributed by atoms with Crippen molar-refractivity contribution in [1.82, 2.24) is 10.9 Å². The highest BCUT2D eigenvalue weighted by molar-refractivity contribution is 6.57. The highest BCUT2D eigenvalue weighted by Crippen LogP contribution is 2.58. The number of carbonyl (C=O) groups excluding carboxylic acids is 2. The van der Waals surface area contributed by atoms with E-state index in [1.807, 2.05) is 7.28 Å². The zero-order valence-corrected chi connectivity index (χ0v) is 10.5. The van der Waals surface area contributed by atoms with E-state index in [-0.39, 0.29) is 11.8 Å². The van der Waals surface area contributed by atoms with Crippen molar-refractivity contribution in [2.75, 3.05) is 0 Å². The number of hydrogen-bond acceptors (Lipinski definition) is 4. The molecule has 6 nitrogen and oxygen atoms in total. The van der Waals surface area contributed by atoms with E-state index >= 15 is 0 Å². The van der Waals surface area contributed by atoms with Gasteiger partial charge in [-0.25, -0.2) is 11.7 Å². The van der Waals surface area contributed by atoms with Crippen LogP contribution in [0.3, 0.4) is 0 Å². The molecule has 0 spiro atoms. The third kappa shape index (κ3) is 2.01. The number of nitrogens with two attached hydrogens (primary N) is 2. The number of fused-ring (bicyclic) bond motifs is 2. The molecule has 2 aliphatic rings. The van der Waals surface area contributed by atoms with Gasteiger partial charge in [-0.15, -0.1) is 0 Å². The number of nitrogens with one attached hydrogen (secondary N) is 2. The van der Waals surface area contributed by atoms with Gasteiger partial charge in [0.1, 0.15) is 0 Å². The van der Waals surface area contributed by atoms with Crippen LogP contribution in [0.4, 0.5) is 0 Å². The van der Waals surface area contributed by atoms with E-state index in [1.165, 1.54) is 0 Å². The van der Waals surface area contributed by atoms with Gasteiger partial charge >= 0.3 is 0 Å². The summed E-state index contributed by atoms with van der Waals surface area (Å²) in [5, 5.41) is -1.19. The molecule has 2 fully saturated rings. The third-order valence-corrected chi connectivity index (χ3v) is 4.48. The Balaban J connectivity index is 2.29. The fourth-order valence-electron chi connectivity index (χ4n) is 3.44. The van der Waals surface area contributed by atoms with E-state index in [0.29, 0.717) is 12.8 Å². The maximum absolute atomic E-state index is 12.0. The molecule has 99 valence electrons. The van der Waals surface area contributed by atoms with Crippen molar-refractivity contribution in [2.24, 2.45) is 11.7 Å². The molecule has 7 heteroatoms. The minimum Gasteiger partial charge on any atom is -0.294 e. The third-order valence-electron chi connectivity index (χ3n) is 4.48. The lowest BCUT2D eigenvalue weighted by Gasteiger charge is -2.33. The first-order chi connectivity index (χ1) is 8.58. The van der Waals surface area contributed by atoms with Crippen LogP contribution in [0.25, 0.3) is 0 Å². The molecular weight excluding hydrogens is 231 g/mol. The van der Waals surface area contributed by atoms with Gasteiger partial charge in [0.05, 0.1) is 0 Å². The van der Waals surface area contributed by atoms with Crippen molar-refractivity contribution < 1.29 is 9.59 Å². The maximum atomic E-state index is 12.0. The van der Waals surface area contributed by atoms with Crippen LogP contribution in [0.15, 0.2) is 0 Å².